The van der Waals surface area contributed by atoms with Crippen LogP contribution in [-0.2, 0) is 11.2 Å². The number of benzene rings is 1. The number of imidazole rings is 1. The lowest BCUT2D eigenvalue weighted by Gasteiger charge is -2.07. The normalized spacial score (nSPS) is 14.8. The Hall–Kier alpha value is -1.55. The van der Waals surface area contributed by atoms with Gasteiger partial charge in [0.1, 0.15) is 5.82 Å². The number of hydrogen-bond acceptors (Lipinski definition) is 2. The Morgan fingerprint density at radius 1 is 1.40 bits per heavy atom. The van der Waals surface area contributed by atoms with E-state index >= 15 is 0 Å². The van der Waals surface area contributed by atoms with Crippen LogP contribution < -0.4 is 0 Å². The van der Waals surface area contributed by atoms with Gasteiger partial charge in [0, 0.05) is 23.9 Å². The molecule has 1 saturated carbocycles. The van der Waals surface area contributed by atoms with Gasteiger partial charge in [-0.05, 0) is 43.9 Å². The van der Waals surface area contributed by atoms with Crippen molar-refractivity contribution in [1.82, 2.24) is 9.55 Å². The van der Waals surface area contributed by atoms with E-state index in [4.69, 9.17) is 16.7 Å². The molecular formula is C15H17ClN2O2. The number of aromatic nitrogens is 2. The molecule has 20 heavy (non-hydrogen) atoms. The van der Waals surface area contributed by atoms with Crippen LogP contribution in [-0.4, -0.2) is 20.6 Å². The Balaban J connectivity index is 1.82. The monoisotopic (exact) mass is 292 g/mol. The molecule has 1 N–H and O–H groups in total. The molecule has 1 aromatic heterocycles. The van der Waals surface area contributed by atoms with Gasteiger partial charge in [-0.25, -0.2) is 4.98 Å². The number of rotatable bonds is 6. The summed E-state index contributed by atoms with van der Waals surface area (Å²) < 4.78 is 2.29. The molecule has 0 saturated heterocycles. The largest absolute Gasteiger partial charge is 0.481 e. The molecule has 0 radical (unpaired) electrons. The van der Waals surface area contributed by atoms with Crippen LogP contribution in [0.4, 0.5) is 0 Å². The molecule has 0 aliphatic heterocycles. The van der Waals surface area contributed by atoms with Crippen LogP contribution >= 0.6 is 11.6 Å². The molecule has 1 heterocycles. The van der Waals surface area contributed by atoms with Gasteiger partial charge in [0.25, 0.3) is 0 Å². The third-order valence-corrected chi connectivity index (χ3v) is 3.91. The maximum atomic E-state index is 10.5. The maximum absolute atomic E-state index is 10.5. The van der Waals surface area contributed by atoms with E-state index < -0.39 is 5.97 Å². The summed E-state index contributed by atoms with van der Waals surface area (Å²) in [5, 5.41) is 9.41. The molecule has 106 valence electrons. The molecule has 0 atom stereocenters. The molecule has 0 spiro atoms. The number of aliphatic carboxylic acids is 1. The first-order valence-corrected chi connectivity index (χ1v) is 7.41. The molecule has 5 heteroatoms. The zero-order valence-corrected chi connectivity index (χ0v) is 11.9. The number of unbranched alkanes of at least 4 members (excludes halogenated alkanes) is 1. The molecule has 1 fully saturated rings. The SMILES string of the molecule is O=C(O)CCCCc1nc2ccc(Cl)cc2n1C1CC1. The highest BCUT2D eigenvalue weighted by Crippen LogP contribution is 2.39. The molecule has 2 aromatic rings. The Bertz CT molecular complexity index is 647. The molecule has 1 aromatic carbocycles. The first-order valence-electron chi connectivity index (χ1n) is 7.03. The number of aryl methyl sites for hydroxylation is 1. The minimum absolute atomic E-state index is 0.232. The van der Waals surface area contributed by atoms with Crippen molar-refractivity contribution in [2.75, 3.05) is 0 Å². The van der Waals surface area contributed by atoms with E-state index in [1.54, 1.807) is 0 Å². The minimum atomic E-state index is -0.729. The van der Waals surface area contributed by atoms with Gasteiger partial charge >= 0.3 is 5.97 Å². The molecule has 0 amide bonds. The van der Waals surface area contributed by atoms with Crippen molar-refractivity contribution in [3.8, 4) is 0 Å². The predicted octanol–water partition coefficient (Wildman–Crippen LogP) is 3.82. The second kappa shape index (κ2) is 5.44. The van der Waals surface area contributed by atoms with Crippen molar-refractivity contribution < 1.29 is 9.90 Å². The summed E-state index contributed by atoms with van der Waals surface area (Å²) in [6.07, 6.45) is 5.01. The highest BCUT2D eigenvalue weighted by molar-refractivity contribution is 6.31. The Morgan fingerprint density at radius 3 is 2.90 bits per heavy atom. The van der Waals surface area contributed by atoms with Gasteiger partial charge in [0.15, 0.2) is 0 Å². The van der Waals surface area contributed by atoms with Crippen molar-refractivity contribution in [2.45, 2.75) is 44.6 Å². The van der Waals surface area contributed by atoms with E-state index in [0.717, 1.165) is 34.7 Å². The van der Waals surface area contributed by atoms with E-state index in [0.29, 0.717) is 12.5 Å². The van der Waals surface area contributed by atoms with Crippen LogP contribution in [0.25, 0.3) is 11.0 Å². The maximum Gasteiger partial charge on any atom is 0.303 e. The average Bonchev–Trinajstić information content (AvgIpc) is 3.16. The molecule has 4 nitrogen and oxygen atoms in total. The summed E-state index contributed by atoms with van der Waals surface area (Å²) in [7, 11) is 0. The van der Waals surface area contributed by atoms with Crippen LogP contribution in [0.3, 0.4) is 0 Å². The Morgan fingerprint density at radius 2 is 2.20 bits per heavy atom. The summed E-state index contributed by atoms with van der Waals surface area (Å²) in [6.45, 7) is 0. The van der Waals surface area contributed by atoms with Gasteiger partial charge in [-0.3, -0.25) is 4.79 Å². The van der Waals surface area contributed by atoms with E-state index in [1.807, 2.05) is 18.2 Å². The lowest BCUT2D eigenvalue weighted by molar-refractivity contribution is -0.137. The van der Waals surface area contributed by atoms with Gasteiger partial charge in [0.2, 0.25) is 0 Å². The highest BCUT2D eigenvalue weighted by atomic mass is 35.5. The third kappa shape index (κ3) is 2.80. The summed E-state index contributed by atoms with van der Waals surface area (Å²) >= 11 is 6.08. The van der Waals surface area contributed by atoms with E-state index in [-0.39, 0.29) is 6.42 Å². The van der Waals surface area contributed by atoms with E-state index in [9.17, 15) is 4.79 Å². The second-order valence-electron chi connectivity index (χ2n) is 5.36. The van der Waals surface area contributed by atoms with Crippen molar-refractivity contribution >= 4 is 28.6 Å². The third-order valence-electron chi connectivity index (χ3n) is 3.68. The lowest BCUT2D eigenvalue weighted by atomic mass is 10.2. The zero-order valence-electron chi connectivity index (χ0n) is 11.2. The molecular weight excluding hydrogens is 276 g/mol. The average molecular weight is 293 g/mol. The fourth-order valence-corrected chi connectivity index (χ4v) is 2.76. The minimum Gasteiger partial charge on any atom is -0.481 e. The van der Waals surface area contributed by atoms with Crippen LogP contribution in [0.5, 0.6) is 0 Å². The van der Waals surface area contributed by atoms with Crippen molar-refractivity contribution in [3.05, 3.63) is 29.0 Å². The van der Waals surface area contributed by atoms with Gasteiger partial charge in [-0.15, -0.1) is 0 Å². The standard InChI is InChI=1S/C15H17ClN2O2/c16-10-5-8-12-13(9-10)18(11-6-7-11)14(17-12)3-1-2-4-15(19)20/h5,8-9,11H,1-4,6-7H2,(H,19,20). The van der Waals surface area contributed by atoms with Gasteiger partial charge in [-0.1, -0.05) is 11.6 Å². The van der Waals surface area contributed by atoms with Gasteiger partial charge < -0.3 is 9.67 Å². The number of fused-ring (bicyclic) bond motifs is 1. The number of hydrogen-bond donors (Lipinski definition) is 1. The molecule has 0 unspecified atom stereocenters. The Labute approximate surface area is 122 Å². The number of carboxylic acids is 1. The number of carboxylic acid groups (broad SMARTS) is 1. The smallest absolute Gasteiger partial charge is 0.303 e. The van der Waals surface area contributed by atoms with Crippen molar-refractivity contribution in [3.63, 3.8) is 0 Å². The Kier molecular flexibility index (Phi) is 3.66. The number of halogens is 1. The van der Waals surface area contributed by atoms with E-state index in [2.05, 4.69) is 9.55 Å². The first-order chi connectivity index (χ1) is 9.65. The van der Waals surface area contributed by atoms with Crippen LogP contribution in [0, 0.1) is 0 Å². The number of carbonyl (C=O) groups is 1. The molecule has 3 rings (SSSR count). The quantitative estimate of drug-likeness (QED) is 0.823. The summed E-state index contributed by atoms with van der Waals surface area (Å²) in [6, 6.07) is 6.34. The summed E-state index contributed by atoms with van der Waals surface area (Å²) in [5.41, 5.74) is 2.09. The lowest BCUT2D eigenvalue weighted by Crippen LogP contribution is -2.02. The van der Waals surface area contributed by atoms with Gasteiger partial charge in [-0.2, -0.15) is 0 Å². The summed E-state index contributed by atoms with van der Waals surface area (Å²) in [4.78, 5) is 15.2. The van der Waals surface area contributed by atoms with Crippen molar-refractivity contribution in [1.29, 1.82) is 0 Å². The van der Waals surface area contributed by atoms with Gasteiger partial charge in [0.05, 0.1) is 11.0 Å². The molecule has 0 bridgehead atoms. The number of nitrogens with zero attached hydrogens (tertiary/aromatic N) is 2. The fraction of sp³-hybridized carbons (Fsp3) is 0.467. The molecule has 1 aliphatic carbocycles. The highest BCUT2D eigenvalue weighted by Gasteiger charge is 2.27. The van der Waals surface area contributed by atoms with Crippen LogP contribution in [0.2, 0.25) is 5.02 Å². The second-order valence-corrected chi connectivity index (χ2v) is 5.80. The van der Waals surface area contributed by atoms with Crippen LogP contribution in [0.1, 0.15) is 44.0 Å². The first kappa shape index (κ1) is 13.4. The fourth-order valence-electron chi connectivity index (χ4n) is 2.59. The predicted molar refractivity (Wildman–Crippen MR) is 78.2 cm³/mol. The summed E-state index contributed by atoms with van der Waals surface area (Å²) in [5.74, 6) is 0.336. The van der Waals surface area contributed by atoms with Crippen molar-refractivity contribution in [2.24, 2.45) is 0 Å². The topological polar surface area (TPSA) is 55.1 Å². The van der Waals surface area contributed by atoms with Crippen LogP contribution in [0.15, 0.2) is 18.2 Å². The zero-order chi connectivity index (χ0) is 14.1. The van der Waals surface area contributed by atoms with E-state index in [1.165, 1.54) is 12.8 Å². The molecule has 1 aliphatic rings.